The molecule has 2 rings (SSSR count). The molecule has 5 nitrogen and oxygen atoms in total. The van der Waals surface area contributed by atoms with Crippen LogP contribution in [0.2, 0.25) is 0 Å². The maximum Gasteiger partial charge on any atom is 0.242 e. The number of carbonyl (C=O) groups is 1. The standard InChI is InChI=1S/C12H16N4OS2/c1-3-6-13-11(17)8(2)16-10(14-15-12(16)18)9-5-4-7-19-9/h4-5,7-8H,3,6H2,1-2H3,(H,13,17)(H,15,18). The molecule has 2 aromatic rings. The van der Waals surface area contributed by atoms with Gasteiger partial charge in [0, 0.05) is 6.54 Å². The summed E-state index contributed by atoms with van der Waals surface area (Å²) in [5.41, 5.74) is 0. The fourth-order valence-electron chi connectivity index (χ4n) is 1.76. The molecule has 7 heteroatoms. The number of hydrogen-bond acceptors (Lipinski definition) is 4. The van der Waals surface area contributed by atoms with Crippen molar-refractivity contribution in [3.05, 3.63) is 22.3 Å². The van der Waals surface area contributed by atoms with Crippen molar-refractivity contribution in [3.63, 3.8) is 0 Å². The first-order valence-electron chi connectivity index (χ1n) is 6.13. The Morgan fingerprint density at radius 3 is 3.11 bits per heavy atom. The van der Waals surface area contributed by atoms with Gasteiger partial charge < -0.3 is 5.32 Å². The summed E-state index contributed by atoms with van der Waals surface area (Å²) in [6.45, 7) is 4.52. The van der Waals surface area contributed by atoms with Crippen LogP contribution in [-0.4, -0.2) is 27.2 Å². The third kappa shape index (κ3) is 2.93. The molecule has 0 spiro atoms. The van der Waals surface area contributed by atoms with Crippen LogP contribution >= 0.6 is 23.6 Å². The summed E-state index contributed by atoms with van der Waals surface area (Å²) in [5, 5.41) is 11.8. The third-order valence-electron chi connectivity index (χ3n) is 2.76. The van der Waals surface area contributed by atoms with Crippen molar-refractivity contribution in [3.8, 4) is 10.7 Å². The normalized spacial score (nSPS) is 12.3. The number of aromatic nitrogens is 3. The zero-order chi connectivity index (χ0) is 13.8. The SMILES string of the molecule is CCCNC(=O)C(C)n1c(-c2cccs2)n[nH]c1=S. The number of thiophene rings is 1. The Balaban J connectivity index is 2.32. The van der Waals surface area contributed by atoms with Gasteiger partial charge in [0.15, 0.2) is 10.6 Å². The number of aromatic amines is 1. The Hall–Kier alpha value is -1.47. The minimum absolute atomic E-state index is 0.0443. The van der Waals surface area contributed by atoms with E-state index >= 15 is 0 Å². The van der Waals surface area contributed by atoms with Gasteiger partial charge in [-0.25, -0.2) is 0 Å². The molecule has 2 heterocycles. The first-order chi connectivity index (χ1) is 9.15. The molecule has 0 aliphatic rings. The maximum absolute atomic E-state index is 12.1. The van der Waals surface area contributed by atoms with Gasteiger partial charge in [-0.1, -0.05) is 13.0 Å². The highest BCUT2D eigenvalue weighted by atomic mass is 32.1. The Morgan fingerprint density at radius 1 is 1.68 bits per heavy atom. The zero-order valence-electron chi connectivity index (χ0n) is 10.8. The van der Waals surface area contributed by atoms with E-state index in [1.54, 1.807) is 15.9 Å². The summed E-state index contributed by atoms with van der Waals surface area (Å²) < 4.78 is 2.22. The molecular weight excluding hydrogens is 280 g/mol. The Morgan fingerprint density at radius 2 is 2.47 bits per heavy atom. The van der Waals surface area contributed by atoms with Crippen molar-refractivity contribution in [2.24, 2.45) is 0 Å². The monoisotopic (exact) mass is 296 g/mol. The number of nitrogens with zero attached hydrogens (tertiary/aromatic N) is 2. The van der Waals surface area contributed by atoms with E-state index < -0.39 is 0 Å². The van der Waals surface area contributed by atoms with Crippen LogP contribution in [-0.2, 0) is 4.79 Å². The van der Waals surface area contributed by atoms with Crippen LogP contribution in [0.4, 0.5) is 0 Å². The third-order valence-corrected chi connectivity index (χ3v) is 3.92. The van der Waals surface area contributed by atoms with Gasteiger partial charge in [-0.15, -0.1) is 11.3 Å². The predicted octanol–water partition coefficient (Wildman–Crippen LogP) is 2.76. The predicted molar refractivity (Wildman–Crippen MR) is 78.7 cm³/mol. The van der Waals surface area contributed by atoms with E-state index in [1.165, 1.54) is 0 Å². The van der Waals surface area contributed by atoms with Gasteiger partial charge in [0.05, 0.1) is 4.88 Å². The van der Waals surface area contributed by atoms with Gasteiger partial charge in [0.25, 0.3) is 0 Å². The molecule has 1 atom stereocenters. The number of amides is 1. The second kappa shape index (κ2) is 6.12. The lowest BCUT2D eigenvalue weighted by Gasteiger charge is -2.14. The topological polar surface area (TPSA) is 62.7 Å². The lowest BCUT2D eigenvalue weighted by Crippen LogP contribution is -2.31. The Bertz CT molecular complexity index is 600. The van der Waals surface area contributed by atoms with Crippen molar-refractivity contribution in [1.29, 1.82) is 0 Å². The van der Waals surface area contributed by atoms with E-state index in [9.17, 15) is 4.79 Å². The smallest absolute Gasteiger partial charge is 0.242 e. The largest absolute Gasteiger partial charge is 0.354 e. The highest BCUT2D eigenvalue weighted by Gasteiger charge is 2.20. The van der Waals surface area contributed by atoms with Crippen LogP contribution in [0.1, 0.15) is 26.3 Å². The molecule has 1 amide bonds. The molecule has 0 aliphatic heterocycles. The number of nitrogens with one attached hydrogen (secondary N) is 2. The fraction of sp³-hybridized carbons (Fsp3) is 0.417. The van der Waals surface area contributed by atoms with E-state index in [1.807, 2.05) is 31.4 Å². The van der Waals surface area contributed by atoms with Gasteiger partial charge in [-0.2, -0.15) is 5.10 Å². The van der Waals surface area contributed by atoms with E-state index in [0.717, 1.165) is 11.3 Å². The molecule has 2 aromatic heterocycles. The highest BCUT2D eigenvalue weighted by Crippen LogP contribution is 2.25. The fourth-order valence-corrected chi connectivity index (χ4v) is 2.76. The molecule has 0 saturated heterocycles. The molecular formula is C12H16N4OS2. The lowest BCUT2D eigenvalue weighted by molar-refractivity contribution is -0.123. The van der Waals surface area contributed by atoms with Gasteiger partial charge in [-0.3, -0.25) is 14.5 Å². The summed E-state index contributed by atoms with van der Waals surface area (Å²) in [4.78, 5) is 13.0. The van der Waals surface area contributed by atoms with Gasteiger partial charge in [-0.05, 0) is 37.0 Å². The average Bonchev–Trinajstić information content (AvgIpc) is 3.03. The van der Waals surface area contributed by atoms with Crippen LogP contribution in [0.5, 0.6) is 0 Å². The van der Waals surface area contributed by atoms with Crippen LogP contribution < -0.4 is 5.32 Å². The van der Waals surface area contributed by atoms with Crippen LogP contribution in [0.25, 0.3) is 10.7 Å². The van der Waals surface area contributed by atoms with Crippen molar-refractivity contribution in [2.75, 3.05) is 6.54 Å². The minimum atomic E-state index is -0.380. The number of hydrogen-bond donors (Lipinski definition) is 2. The van der Waals surface area contributed by atoms with E-state index in [4.69, 9.17) is 12.2 Å². The average molecular weight is 296 g/mol. The Kier molecular flexibility index (Phi) is 4.49. The molecule has 1 unspecified atom stereocenters. The summed E-state index contributed by atoms with van der Waals surface area (Å²) in [5.74, 6) is 0.663. The molecule has 0 radical (unpaired) electrons. The summed E-state index contributed by atoms with van der Waals surface area (Å²) in [7, 11) is 0. The molecule has 0 aliphatic carbocycles. The lowest BCUT2D eigenvalue weighted by atomic mass is 10.3. The summed E-state index contributed by atoms with van der Waals surface area (Å²) >= 11 is 6.79. The van der Waals surface area contributed by atoms with Crippen molar-refractivity contribution in [2.45, 2.75) is 26.3 Å². The molecule has 0 saturated carbocycles. The maximum atomic E-state index is 12.1. The molecule has 0 fully saturated rings. The van der Waals surface area contributed by atoms with Crippen molar-refractivity contribution < 1.29 is 4.79 Å². The molecule has 0 aromatic carbocycles. The number of rotatable bonds is 5. The van der Waals surface area contributed by atoms with E-state index in [2.05, 4.69) is 15.5 Å². The quantitative estimate of drug-likeness (QED) is 0.834. The molecule has 0 bridgehead atoms. The first-order valence-corrected chi connectivity index (χ1v) is 7.42. The van der Waals surface area contributed by atoms with E-state index in [0.29, 0.717) is 17.1 Å². The molecule has 2 N–H and O–H groups in total. The van der Waals surface area contributed by atoms with Crippen molar-refractivity contribution in [1.82, 2.24) is 20.1 Å². The van der Waals surface area contributed by atoms with Crippen LogP contribution in [0.15, 0.2) is 17.5 Å². The highest BCUT2D eigenvalue weighted by molar-refractivity contribution is 7.71. The molecule has 102 valence electrons. The van der Waals surface area contributed by atoms with Crippen LogP contribution in [0.3, 0.4) is 0 Å². The minimum Gasteiger partial charge on any atom is -0.354 e. The van der Waals surface area contributed by atoms with Gasteiger partial charge in [0.2, 0.25) is 5.91 Å². The number of H-pyrrole nitrogens is 1. The van der Waals surface area contributed by atoms with Crippen molar-refractivity contribution >= 4 is 29.5 Å². The zero-order valence-corrected chi connectivity index (χ0v) is 12.5. The Labute approximate surface area is 120 Å². The number of carbonyl (C=O) groups excluding carboxylic acids is 1. The first kappa shape index (κ1) is 14.0. The van der Waals surface area contributed by atoms with E-state index in [-0.39, 0.29) is 11.9 Å². The second-order valence-electron chi connectivity index (χ2n) is 4.17. The van der Waals surface area contributed by atoms with Gasteiger partial charge in [0.1, 0.15) is 6.04 Å². The molecule has 19 heavy (non-hydrogen) atoms. The summed E-state index contributed by atoms with van der Waals surface area (Å²) in [6.07, 6.45) is 0.910. The second-order valence-corrected chi connectivity index (χ2v) is 5.50. The summed E-state index contributed by atoms with van der Waals surface area (Å²) in [6, 6.07) is 3.53. The van der Waals surface area contributed by atoms with Gasteiger partial charge >= 0.3 is 0 Å². The van der Waals surface area contributed by atoms with Crippen LogP contribution in [0, 0.1) is 4.77 Å².